The Bertz CT molecular complexity index is 792. The number of nitrogens with zero attached hydrogens (tertiary/aromatic N) is 2. The summed E-state index contributed by atoms with van der Waals surface area (Å²) in [6.07, 6.45) is 4.08. The Balaban J connectivity index is 2.20. The Morgan fingerprint density at radius 2 is 1.96 bits per heavy atom. The highest BCUT2D eigenvalue weighted by Gasteiger charge is 2.31. The lowest BCUT2D eigenvalue weighted by Crippen LogP contribution is -2.46. The fraction of sp³-hybridized carbons (Fsp3) is 0.381. The summed E-state index contributed by atoms with van der Waals surface area (Å²) in [5, 5.41) is 12.1. The Morgan fingerprint density at radius 1 is 1.27 bits per heavy atom. The molecule has 0 aliphatic rings. The fourth-order valence-corrected chi connectivity index (χ4v) is 2.70. The van der Waals surface area contributed by atoms with E-state index in [-0.39, 0.29) is 11.9 Å². The lowest BCUT2D eigenvalue weighted by Gasteiger charge is -2.27. The van der Waals surface area contributed by atoms with E-state index in [1.807, 2.05) is 45.0 Å². The summed E-state index contributed by atoms with van der Waals surface area (Å²) in [6.45, 7) is 6.35. The first kappa shape index (κ1) is 19.6. The Labute approximate surface area is 155 Å². The van der Waals surface area contributed by atoms with E-state index in [9.17, 15) is 4.79 Å². The van der Waals surface area contributed by atoms with Crippen LogP contribution in [0.25, 0.3) is 11.1 Å². The highest BCUT2D eigenvalue weighted by Crippen LogP contribution is 2.27. The smallest absolute Gasteiger partial charge is 0.230 e. The van der Waals surface area contributed by atoms with E-state index in [1.54, 1.807) is 19.4 Å². The molecule has 0 aliphatic heterocycles. The molecule has 1 N–H and O–H groups in total. The predicted molar refractivity (Wildman–Crippen MR) is 102 cm³/mol. The number of amides is 1. The zero-order valence-corrected chi connectivity index (χ0v) is 15.7. The van der Waals surface area contributed by atoms with E-state index >= 15 is 0 Å². The molecule has 0 bridgehead atoms. The van der Waals surface area contributed by atoms with E-state index in [4.69, 9.17) is 10.00 Å². The van der Waals surface area contributed by atoms with Crippen LogP contribution in [0, 0.1) is 11.3 Å². The van der Waals surface area contributed by atoms with Crippen LogP contribution in [0.3, 0.4) is 0 Å². The van der Waals surface area contributed by atoms with Crippen molar-refractivity contribution < 1.29 is 9.53 Å². The van der Waals surface area contributed by atoms with Crippen LogP contribution in [0.5, 0.6) is 0 Å². The van der Waals surface area contributed by atoms with Gasteiger partial charge in [0.2, 0.25) is 5.91 Å². The highest BCUT2D eigenvalue weighted by atomic mass is 16.5. The van der Waals surface area contributed by atoms with Crippen molar-refractivity contribution in [2.24, 2.45) is 0 Å². The van der Waals surface area contributed by atoms with Gasteiger partial charge in [-0.3, -0.25) is 9.78 Å². The Hall–Kier alpha value is -2.71. The molecule has 2 aromatic rings. The SMILES string of the molecule is CCC(COC)NC(=O)C(C)(C)c1ccc(-c2cncc(C#N)c2)cc1. The van der Waals surface area contributed by atoms with Gasteiger partial charge < -0.3 is 10.1 Å². The van der Waals surface area contributed by atoms with E-state index in [0.717, 1.165) is 23.1 Å². The van der Waals surface area contributed by atoms with Crippen molar-refractivity contribution >= 4 is 5.91 Å². The van der Waals surface area contributed by atoms with Gasteiger partial charge in [-0.2, -0.15) is 5.26 Å². The maximum Gasteiger partial charge on any atom is 0.230 e. The number of carbonyl (C=O) groups is 1. The standard InChI is InChI=1S/C21H25N3O2/c1-5-19(14-26-4)24-20(25)21(2,3)18-8-6-16(7-9-18)17-10-15(11-22)12-23-13-17/h6-10,12-13,19H,5,14H2,1-4H3,(H,24,25). The molecule has 0 aliphatic carbocycles. The van der Waals surface area contributed by atoms with Gasteiger partial charge in [-0.15, -0.1) is 0 Å². The summed E-state index contributed by atoms with van der Waals surface area (Å²) < 4.78 is 5.15. The van der Waals surface area contributed by atoms with Crippen LogP contribution in [0.2, 0.25) is 0 Å². The lowest BCUT2D eigenvalue weighted by atomic mass is 9.82. The average Bonchev–Trinajstić information content (AvgIpc) is 2.67. The number of hydrogen-bond acceptors (Lipinski definition) is 4. The van der Waals surface area contributed by atoms with E-state index in [2.05, 4.69) is 16.4 Å². The Kier molecular flexibility index (Phi) is 6.48. The van der Waals surface area contributed by atoms with Gasteiger partial charge in [0.25, 0.3) is 0 Å². The maximum atomic E-state index is 12.7. The van der Waals surface area contributed by atoms with Crippen molar-refractivity contribution in [3.63, 3.8) is 0 Å². The molecule has 1 aromatic carbocycles. The minimum Gasteiger partial charge on any atom is -0.383 e. The van der Waals surface area contributed by atoms with Crippen molar-refractivity contribution in [2.75, 3.05) is 13.7 Å². The number of methoxy groups -OCH3 is 1. The predicted octanol–water partition coefficient (Wildman–Crippen LogP) is 3.44. The first-order valence-corrected chi connectivity index (χ1v) is 8.68. The summed E-state index contributed by atoms with van der Waals surface area (Å²) >= 11 is 0. The van der Waals surface area contributed by atoms with Crippen LogP contribution in [0.4, 0.5) is 0 Å². The number of rotatable bonds is 7. The monoisotopic (exact) mass is 351 g/mol. The van der Waals surface area contributed by atoms with Crippen LogP contribution < -0.4 is 5.32 Å². The zero-order chi connectivity index (χ0) is 19.2. The van der Waals surface area contributed by atoms with Gasteiger partial charge in [0.1, 0.15) is 6.07 Å². The first-order chi connectivity index (χ1) is 12.4. The molecule has 1 unspecified atom stereocenters. The summed E-state index contributed by atoms with van der Waals surface area (Å²) in [6, 6.07) is 11.7. The van der Waals surface area contributed by atoms with Gasteiger partial charge in [0, 0.05) is 25.1 Å². The number of ether oxygens (including phenoxy) is 1. The zero-order valence-electron chi connectivity index (χ0n) is 15.7. The van der Waals surface area contributed by atoms with Gasteiger partial charge in [-0.05, 0) is 37.5 Å². The molecule has 26 heavy (non-hydrogen) atoms. The third-order valence-corrected chi connectivity index (χ3v) is 4.57. The third kappa shape index (κ3) is 4.47. The minimum absolute atomic E-state index is 0.00541. The molecule has 1 heterocycles. The number of aromatic nitrogens is 1. The van der Waals surface area contributed by atoms with Crippen LogP contribution in [-0.2, 0) is 14.9 Å². The summed E-state index contributed by atoms with van der Waals surface area (Å²) in [5.74, 6) is -0.0257. The van der Waals surface area contributed by atoms with Crippen molar-refractivity contribution in [1.82, 2.24) is 10.3 Å². The molecule has 1 atom stereocenters. The molecule has 0 radical (unpaired) electrons. The molecule has 5 heteroatoms. The van der Waals surface area contributed by atoms with Gasteiger partial charge in [-0.1, -0.05) is 31.2 Å². The van der Waals surface area contributed by atoms with Crippen molar-refractivity contribution in [3.05, 3.63) is 53.9 Å². The first-order valence-electron chi connectivity index (χ1n) is 8.68. The molecule has 5 nitrogen and oxygen atoms in total. The second-order valence-corrected chi connectivity index (χ2v) is 6.81. The minimum atomic E-state index is -0.660. The lowest BCUT2D eigenvalue weighted by molar-refractivity contribution is -0.126. The van der Waals surface area contributed by atoms with E-state index < -0.39 is 5.41 Å². The van der Waals surface area contributed by atoms with Crippen LogP contribution in [0.1, 0.15) is 38.3 Å². The number of pyridine rings is 1. The van der Waals surface area contributed by atoms with Gasteiger partial charge in [-0.25, -0.2) is 0 Å². The third-order valence-electron chi connectivity index (χ3n) is 4.57. The molecule has 136 valence electrons. The number of nitriles is 1. The normalized spacial score (nSPS) is 12.3. The number of nitrogens with one attached hydrogen (secondary N) is 1. The molecule has 1 aromatic heterocycles. The van der Waals surface area contributed by atoms with E-state index in [0.29, 0.717) is 12.2 Å². The second kappa shape index (κ2) is 8.59. The molecule has 0 spiro atoms. The van der Waals surface area contributed by atoms with Gasteiger partial charge in [0.15, 0.2) is 0 Å². The topological polar surface area (TPSA) is 75.0 Å². The van der Waals surface area contributed by atoms with Crippen LogP contribution >= 0.6 is 0 Å². The summed E-state index contributed by atoms with van der Waals surface area (Å²) in [4.78, 5) is 16.8. The number of hydrogen-bond donors (Lipinski definition) is 1. The van der Waals surface area contributed by atoms with Crippen LogP contribution in [-0.4, -0.2) is 30.6 Å². The number of carbonyl (C=O) groups excluding carboxylic acids is 1. The fourth-order valence-electron chi connectivity index (χ4n) is 2.70. The van der Waals surface area contributed by atoms with Crippen molar-refractivity contribution in [3.8, 4) is 17.2 Å². The van der Waals surface area contributed by atoms with Gasteiger partial charge >= 0.3 is 0 Å². The molecule has 2 rings (SSSR count). The quantitative estimate of drug-likeness (QED) is 0.829. The second-order valence-electron chi connectivity index (χ2n) is 6.81. The largest absolute Gasteiger partial charge is 0.383 e. The molecule has 1 amide bonds. The Morgan fingerprint density at radius 3 is 2.54 bits per heavy atom. The molecular weight excluding hydrogens is 326 g/mol. The maximum absolute atomic E-state index is 12.7. The van der Waals surface area contributed by atoms with Crippen LogP contribution in [0.15, 0.2) is 42.7 Å². The van der Waals surface area contributed by atoms with Crippen molar-refractivity contribution in [1.29, 1.82) is 5.26 Å². The van der Waals surface area contributed by atoms with E-state index in [1.165, 1.54) is 6.20 Å². The average molecular weight is 351 g/mol. The molecule has 0 saturated carbocycles. The van der Waals surface area contributed by atoms with Gasteiger partial charge in [0.05, 0.1) is 23.6 Å². The molecule has 0 fully saturated rings. The number of benzene rings is 1. The summed E-state index contributed by atoms with van der Waals surface area (Å²) in [5.41, 5.74) is 2.63. The van der Waals surface area contributed by atoms with Crippen molar-refractivity contribution in [2.45, 2.75) is 38.6 Å². The summed E-state index contributed by atoms with van der Waals surface area (Å²) in [7, 11) is 1.63. The molecular formula is C21H25N3O2. The highest BCUT2D eigenvalue weighted by molar-refractivity contribution is 5.87. The molecule has 0 saturated heterocycles.